The van der Waals surface area contributed by atoms with Crippen LogP contribution in [0.2, 0.25) is 0 Å². The first-order valence-electron chi connectivity index (χ1n) is 4.71. The highest BCUT2D eigenvalue weighted by atomic mass is 19.4. The number of halogens is 3. The van der Waals surface area contributed by atoms with Crippen molar-refractivity contribution in [1.82, 2.24) is 9.97 Å². The number of aromatic nitrogens is 2. The van der Waals surface area contributed by atoms with Crippen molar-refractivity contribution < 1.29 is 13.2 Å². The second-order valence-corrected chi connectivity index (χ2v) is 3.34. The van der Waals surface area contributed by atoms with Crippen LogP contribution in [0.5, 0.6) is 0 Å². The maximum absolute atomic E-state index is 12.4. The minimum atomic E-state index is -4.66. The molecule has 0 saturated carbocycles. The normalized spacial score (nSPS) is 11.5. The Balaban J connectivity index is 2.58. The van der Waals surface area contributed by atoms with Crippen molar-refractivity contribution in [3.63, 3.8) is 0 Å². The maximum atomic E-state index is 12.4. The van der Waals surface area contributed by atoms with Gasteiger partial charge in [0.1, 0.15) is 0 Å². The molecule has 0 bridgehead atoms. The van der Waals surface area contributed by atoms with E-state index in [0.717, 1.165) is 6.07 Å². The minimum Gasteiger partial charge on any atom is -0.303 e. The first-order valence-corrected chi connectivity index (χ1v) is 4.71. The second-order valence-electron chi connectivity index (χ2n) is 3.34. The van der Waals surface area contributed by atoms with Crippen molar-refractivity contribution in [3.05, 3.63) is 52.6 Å². The van der Waals surface area contributed by atoms with Gasteiger partial charge in [0.05, 0.1) is 5.69 Å². The third-order valence-electron chi connectivity index (χ3n) is 2.08. The van der Waals surface area contributed by atoms with E-state index in [1.54, 1.807) is 35.3 Å². The Bertz CT molecular complexity index is 575. The summed E-state index contributed by atoms with van der Waals surface area (Å²) in [5.74, 6) is -1.29. The Hall–Kier alpha value is -2.11. The van der Waals surface area contributed by atoms with Crippen LogP contribution in [0.15, 0.2) is 41.2 Å². The molecule has 0 aliphatic rings. The highest BCUT2D eigenvalue weighted by molar-refractivity contribution is 5.58. The molecule has 88 valence electrons. The van der Waals surface area contributed by atoms with Gasteiger partial charge in [-0.15, -0.1) is 0 Å². The molecule has 1 heterocycles. The van der Waals surface area contributed by atoms with E-state index in [4.69, 9.17) is 0 Å². The number of aromatic amines is 1. The van der Waals surface area contributed by atoms with Crippen molar-refractivity contribution >= 4 is 0 Å². The molecule has 0 saturated heterocycles. The summed E-state index contributed by atoms with van der Waals surface area (Å²) >= 11 is 0. The van der Waals surface area contributed by atoms with Gasteiger partial charge in [-0.25, -0.2) is 4.98 Å². The van der Waals surface area contributed by atoms with Crippen molar-refractivity contribution in [1.29, 1.82) is 0 Å². The second kappa shape index (κ2) is 4.04. The van der Waals surface area contributed by atoms with E-state index in [2.05, 4.69) is 4.98 Å². The smallest absolute Gasteiger partial charge is 0.303 e. The zero-order valence-electron chi connectivity index (χ0n) is 8.45. The van der Waals surface area contributed by atoms with E-state index in [-0.39, 0.29) is 5.69 Å². The lowest BCUT2D eigenvalue weighted by Gasteiger charge is -2.07. The molecule has 0 aliphatic carbocycles. The van der Waals surface area contributed by atoms with Gasteiger partial charge in [-0.3, -0.25) is 4.79 Å². The Morgan fingerprint density at radius 1 is 1.12 bits per heavy atom. The van der Waals surface area contributed by atoms with Crippen LogP contribution in [-0.2, 0) is 6.18 Å². The summed E-state index contributed by atoms with van der Waals surface area (Å²) < 4.78 is 37.3. The van der Waals surface area contributed by atoms with Gasteiger partial charge in [0, 0.05) is 11.6 Å². The van der Waals surface area contributed by atoms with Crippen LogP contribution in [0.4, 0.5) is 13.2 Å². The molecule has 2 aromatic rings. The summed E-state index contributed by atoms with van der Waals surface area (Å²) in [6.45, 7) is 0. The highest BCUT2D eigenvalue weighted by Gasteiger charge is 2.34. The van der Waals surface area contributed by atoms with Crippen LogP contribution in [-0.4, -0.2) is 9.97 Å². The molecule has 0 unspecified atom stereocenters. The Labute approximate surface area is 94.0 Å². The van der Waals surface area contributed by atoms with Crippen LogP contribution in [0.3, 0.4) is 0 Å². The molecule has 6 heteroatoms. The van der Waals surface area contributed by atoms with Gasteiger partial charge in [0.15, 0.2) is 0 Å². The number of H-pyrrole nitrogens is 1. The summed E-state index contributed by atoms with van der Waals surface area (Å²) in [4.78, 5) is 16.2. The van der Waals surface area contributed by atoms with Gasteiger partial charge in [-0.1, -0.05) is 30.3 Å². The topological polar surface area (TPSA) is 45.8 Å². The molecule has 1 N–H and O–H groups in total. The number of alkyl halides is 3. The van der Waals surface area contributed by atoms with Gasteiger partial charge in [0.2, 0.25) is 5.82 Å². The van der Waals surface area contributed by atoms with E-state index in [1.807, 2.05) is 0 Å². The van der Waals surface area contributed by atoms with Crippen LogP contribution >= 0.6 is 0 Å². The fourth-order valence-electron chi connectivity index (χ4n) is 1.35. The molecule has 0 amide bonds. The number of hydrogen-bond acceptors (Lipinski definition) is 2. The van der Waals surface area contributed by atoms with Gasteiger partial charge in [0.25, 0.3) is 5.56 Å². The van der Waals surface area contributed by atoms with Crippen LogP contribution < -0.4 is 5.56 Å². The first-order chi connectivity index (χ1) is 7.97. The number of nitrogens with zero attached hydrogens (tertiary/aromatic N) is 1. The van der Waals surface area contributed by atoms with Gasteiger partial charge >= 0.3 is 6.18 Å². The fourth-order valence-corrected chi connectivity index (χ4v) is 1.35. The predicted molar refractivity (Wildman–Crippen MR) is 55.3 cm³/mol. The number of benzene rings is 1. The van der Waals surface area contributed by atoms with Crippen LogP contribution in [0, 0.1) is 0 Å². The number of rotatable bonds is 1. The molecule has 0 spiro atoms. The summed E-state index contributed by atoms with van der Waals surface area (Å²) in [7, 11) is 0. The van der Waals surface area contributed by atoms with Crippen LogP contribution in [0.25, 0.3) is 11.3 Å². The Kier molecular flexibility index (Phi) is 2.71. The predicted octanol–water partition coefficient (Wildman–Crippen LogP) is 2.46. The van der Waals surface area contributed by atoms with E-state index >= 15 is 0 Å². The van der Waals surface area contributed by atoms with Gasteiger partial charge in [-0.2, -0.15) is 13.2 Å². The SMILES string of the molecule is O=c1cc(-c2ccccc2)nc(C(F)(F)F)[nH]1. The molecule has 1 aromatic carbocycles. The molecule has 17 heavy (non-hydrogen) atoms. The van der Waals surface area contributed by atoms with Crippen LogP contribution in [0.1, 0.15) is 5.82 Å². The molecule has 0 aliphatic heterocycles. The lowest BCUT2D eigenvalue weighted by Crippen LogP contribution is -2.18. The van der Waals surface area contributed by atoms with E-state index < -0.39 is 17.6 Å². The summed E-state index contributed by atoms with van der Waals surface area (Å²) in [6, 6.07) is 9.24. The lowest BCUT2D eigenvalue weighted by atomic mass is 10.1. The molecule has 3 nitrogen and oxygen atoms in total. The fraction of sp³-hybridized carbons (Fsp3) is 0.0909. The summed E-state index contributed by atoms with van der Waals surface area (Å²) in [5, 5.41) is 0. The van der Waals surface area contributed by atoms with Crippen molar-refractivity contribution in [2.75, 3.05) is 0 Å². The number of hydrogen-bond donors (Lipinski definition) is 1. The monoisotopic (exact) mass is 240 g/mol. The zero-order valence-corrected chi connectivity index (χ0v) is 8.45. The number of nitrogens with one attached hydrogen (secondary N) is 1. The van der Waals surface area contributed by atoms with Gasteiger partial charge in [-0.05, 0) is 0 Å². The van der Waals surface area contributed by atoms with Crippen molar-refractivity contribution in [2.24, 2.45) is 0 Å². The molecule has 0 fully saturated rings. The quantitative estimate of drug-likeness (QED) is 0.832. The minimum absolute atomic E-state index is 0.00155. The molecular formula is C11H7F3N2O. The average Bonchev–Trinajstić information content (AvgIpc) is 2.28. The van der Waals surface area contributed by atoms with Gasteiger partial charge < -0.3 is 4.98 Å². The van der Waals surface area contributed by atoms with Crippen molar-refractivity contribution in [2.45, 2.75) is 6.18 Å². The van der Waals surface area contributed by atoms with Crippen molar-refractivity contribution in [3.8, 4) is 11.3 Å². The molecule has 1 aromatic heterocycles. The van der Waals surface area contributed by atoms with E-state index in [0.29, 0.717) is 5.56 Å². The molecule has 2 rings (SSSR count). The maximum Gasteiger partial charge on any atom is 0.449 e. The summed E-state index contributed by atoms with van der Waals surface area (Å²) in [5.41, 5.74) is -0.364. The first kappa shape index (κ1) is 11.4. The molecular weight excluding hydrogens is 233 g/mol. The zero-order chi connectivity index (χ0) is 12.5. The van der Waals surface area contributed by atoms with E-state index in [9.17, 15) is 18.0 Å². The Morgan fingerprint density at radius 3 is 2.35 bits per heavy atom. The van der Waals surface area contributed by atoms with E-state index in [1.165, 1.54) is 0 Å². The lowest BCUT2D eigenvalue weighted by molar-refractivity contribution is -0.145. The highest BCUT2D eigenvalue weighted by Crippen LogP contribution is 2.26. The third kappa shape index (κ3) is 2.52. The third-order valence-corrected chi connectivity index (χ3v) is 2.08. The molecule has 0 atom stereocenters. The Morgan fingerprint density at radius 2 is 1.76 bits per heavy atom. The largest absolute Gasteiger partial charge is 0.449 e. The standard InChI is InChI=1S/C11H7F3N2O/c12-11(13,14)10-15-8(6-9(17)16-10)7-4-2-1-3-5-7/h1-6H,(H,15,16,17). The molecule has 0 radical (unpaired) electrons. The average molecular weight is 240 g/mol. The summed E-state index contributed by atoms with van der Waals surface area (Å²) in [6.07, 6.45) is -4.66.